The minimum Gasteiger partial charge on any atom is -0.393 e. The number of carbonyl (C=O) groups excluding carboxylic acids is 1. The van der Waals surface area contributed by atoms with Crippen LogP contribution in [-0.2, 0) is 0 Å². The summed E-state index contributed by atoms with van der Waals surface area (Å²) in [6.07, 6.45) is 0.313. The van der Waals surface area contributed by atoms with Crippen LogP contribution in [0.2, 0.25) is 0 Å². The maximum absolute atomic E-state index is 12.1. The van der Waals surface area contributed by atoms with E-state index in [1.165, 1.54) is 0 Å². The molecule has 1 atom stereocenters. The molecule has 1 aromatic carbocycles. The molecule has 3 heteroatoms. The first-order valence-corrected chi connectivity index (χ1v) is 6.74. The van der Waals surface area contributed by atoms with Gasteiger partial charge >= 0.3 is 0 Å². The lowest BCUT2D eigenvalue weighted by Gasteiger charge is -2.26. The van der Waals surface area contributed by atoms with Crippen molar-refractivity contribution in [1.82, 2.24) is 5.32 Å². The molecule has 0 saturated heterocycles. The smallest absolute Gasteiger partial charge is 0.251 e. The van der Waals surface area contributed by atoms with Crippen molar-refractivity contribution in [3.8, 4) is 0 Å². The van der Waals surface area contributed by atoms with Gasteiger partial charge < -0.3 is 10.4 Å². The number of aliphatic hydroxyl groups excluding tert-OH is 1. The Kier molecular flexibility index (Phi) is 5.12. The quantitative estimate of drug-likeness (QED) is 0.858. The zero-order valence-electron chi connectivity index (χ0n) is 12.6. The summed E-state index contributed by atoms with van der Waals surface area (Å²) < 4.78 is 0. The summed E-state index contributed by atoms with van der Waals surface area (Å²) in [5.74, 6) is -0.0505. The normalized spacial score (nSPS) is 13.2. The van der Waals surface area contributed by atoms with Gasteiger partial charge in [0, 0.05) is 12.1 Å². The van der Waals surface area contributed by atoms with Crippen LogP contribution in [0.4, 0.5) is 0 Å². The molecule has 0 aliphatic rings. The highest BCUT2D eigenvalue weighted by atomic mass is 16.3. The van der Waals surface area contributed by atoms with E-state index in [1.807, 2.05) is 45.9 Å². The Morgan fingerprint density at radius 2 is 1.79 bits per heavy atom. The number of aliphatic hydroxyl groups is 1. The molecule has 0 fully saturated rings. The third kappa shape index (κ3) is 5.43. The number of rotatable bonds is 5. The monoisotopic (exact) mass is 263 g/mol. The lowest BCUT2D eigenvalue weighted by molar-refractivity contribution is 0.0902. The molecule has 19 heavy (non-hydrogen) atoms. The van der Waals surface area contributed by atoms with E-state index in [1.54, 1.807) is 6.92 Å². The van der Waals surface area contributed by atoms with Crippen molar-refractivity contribution in [3.05, 3.63) is 34.9 Å². The van der Waals surface area contributed by atoms with E-state index in [2.05, 4.69) is 5.32 Å². The highest BCUT2D eigenvalue weighted by Crippen LogP contribution is 2.21. The van der Waals surface area contributed by atoms with Crippen LogP contribution in [0.5, 0.6) is 0 Å². The second kappa shape index (κ2) is 6.20. The van der Waals surface area contributed by atoms with Gasteiger partial charge in [-0.2, -0.15) is 0 Å². The first kappa shape index (κ1) is 15.7. The molecule has 2 N–H and O–H groups in total. The number of carbonyl (C=O) groups is 1. The van der Waals surface area contributed by atoms with Crippen molar-refractivity contribution < 1.29 is 9.90 Å². The maximum atomic E-state index is 12.1. The Morgan fingerprint density at radius 3 is 2.26 bits per heavy atom. The highest BCUT2D eigenvalue weighted by Gasteiger charge is 2.21. The average molecular weight is 263 g/mol. The molecule has 0 heterocycles. The first-order valence-electron chi connectivity index (χ1n) is 6.74. The van der Waals surface area contributed by atoms with Crippen LogP contribution < -0.4 is 5.32 Å². The van der Waals surface area contributed by atoms with Crippen LogP contribution in [0.25, 0.3) is 0 Å². The summed E-state index contributed by atoms with van der Waals surface area (Å²) in [4.78, 5) is 12.1. The van der Waals surface area contributed by atoms with Crippen LogP contribution in [0, 0.1) is 19.3 Å². The van der Waals surface area contributed by atoms with E-state index in [4.69, 9.17) is 0 Å². The van der Waals surface area contributed by atoms with Crippen LogP contribution in [0.1, 0.15) is 48.7 Å². The SMILES string of the molecule is Cc1cc(C)cc(C(=O)NCC(C)(C)CC(C)O)c1. The van der Waals surface area contributed by atoms with Gasteiger partial charge in [0.15, 0.2) is 0 Å². The van der Waals surface area contributed by atoms with Gasteiger partial charge in [-0.1, -0.05) is 31.0 Å². The molecule has 0 aliphatic heterocycles. The Hall–Kier alpha value is -1.35. The van der Waals surface area contributed by atoms with E-state index in [9.17, 15) is 9.90 Å². The van der Waals surface area contributed by atoms with Crippen molar-refractivity contribution in [2.45, 2.75) is 47.1 Å². The zero-order valence-corrected chi connectivity index (χ0v) is 12.6. The minimum absolute atomic E-state index is 0.0505. The van der Waals surface area contributed by atoms with Crippen molar-refractivity contribution >= 4 is 5.91 Å². The fourth-order valence-corrected chi connectivity index (χ4v) is 2.40. The molecule has 106 valence electrons. The van der Waals surface area contributed by atoms with Crippen LogP contribution in [-0.4, -0.2) is 23.7 Å². The number of nitrogens with one attached hydrogen (secondary N) is 1. The Morgan fingerprint density at radius 1 is 1.26 bits per heavy atom. The lowest BCUT2D eigenvalue weighted by Crippen LogP contribution is -2.35. The standard InChI is InChI=1S/C16H25NO2/c1-11-6-12(2)8-14(7-11)15(19)17-10-16(4,5)9-13(3)18/h6-8,13,18H,9-10H2,1-5H3,(H,17,19). The zero-order chi connectivity index (χ0) is 14.6. The largest absolute Gasteiger partial charge is 0.393 e. The molecule has 1 unspecified atom stereocenters. The predicted molar refractivity (Wildman–Crippen MR) is 78.3 cm³/mol. The van der Waals surface area contributed by atoms with E-state index >= 15 is 0 Å². The van der Waals surface area contributed by atoms with Gasteiger partial charge in [0.1, 0.15) is 0 Å². The molecule has 0 aliphatic carbocycles. The molecular formula is C16H25NO2. The Balaban J connectivity index is 2.65. The molecule has 3 nitrogen and oxygen atoms in total. The summed E-state index contributed by atoms with van der Waals surface area (Å²) in [5, 5.41) is 12.4. The van der Waals surface area contributed by atoms with Crippen LogP contribution in [0.15, 0.2) is 18.2 Å². The number of hydrogen-bond donors (Lipinski definition) is 2. The van der Waals surface area contributed by atoms with Crippen molar-refractivity contribution in [3.63, 3.8) is 0 Å². The summed E-state index contributed by atoms with van der Waals surface area (Å²) >= 11 is 0. The molecule has 0 spiro atoms. The van der Waals surface area contributed by atoms with E-state index in [-0.39, 0.29) is 17.4 Å². The molecule has 0 saturated carbocycles. The molecule has 0 aromatic heterocycles. The predicted octanol–water partition coefficient (Wildman–Crippen LogP) is 2.83. The van der Waals surface area contributed by atoms with Crippen molar-refractivity contribution in [1.29, 1.82) is 0 Å². The Bertz CT molecular complexity index is 430. The second-order valence-electron chi connectivity index (χ2n) is 6.28. The van der Waals surface area contributed by atoms with Crippen molar-refractivity contribution in [2.24, 2.45) is 5.41 Å². The van der Waals surface area contributed by atoms with Gasteiger partial charge in [0.05, 0.1) is 6.10 Å². The second-order valence-corrected chi connectivity index (χ2v) is 6.28. The fourth-order valence-electron chi connectivity index (χ4n) is 2.40. The van der Waals surface area contributed by atoms with Gasteiger partial charge in [-0.25, -0.2) is 0 Å². The van der Waals surface area contributed by atoms with Crippen LogP contribution >= 0.6 is 0 Å². The lowest BCUT2D eigenvalue weighted by atomic mass is 9.87. The Labute approximate surface area is 116 Å². The molecule has 0 bridgehead atoms. The van der Waals surface area contributed by atoms with E-state index in [0.29, 0.717) is 18.5 Å². The number of benzene rings is 1. The topological polar surface area (TPSA) is 49.3 Å². The number of aryl methyl sites for hydroxylation is 2. The van der Waals surface area contributed by atoms with E-state index < -0.39 is 0 Å². The fraction of sp³-hybridized carbons (Fsp3) is 0.562. The minimum atomic E-state index is -0.354. The molecular weight excluding hydrogens is 238 g/mol. The van der Waals surface area contributed by atoms with Gasteiger partial charge in [0.25, 0.3) is 5.91 Å². The molecule has 0 radical (unpaired) electrons. The van der Waals surface area contributed by atoms with Crippen LogP contribution in [0.3, 0.4) is 0 Å². The van der Waals surface area contributed by atoms with E-state index in [0.717, 1.165) is 11.1 Å². The third-order valence-corrected chi connectivity index (χ3v) is 3.06. The number of amides is 1. The molecule has 1 rings (SSSR count). The highest BCUT2D eigenvalue weighted by molar-refractivity contribution is 5.94. The summed E-state index contributed by atoms with van der Waals surface area (Å²) in [5.41, 5.74) is 2.77. The van der Waals surface area contributed by atoms with Gasteiger partial charge in [0.2, 0.25) is 0 Å². The first-order chi connectivity index (χ1) is 8.69. The van der Waals surface area contributed by atoms with Gasteiger partial charge in [-0.05, 0) is 44.7 Å². The molecule has 1 amide bonds. The summed E-state index contributed by atoms with van der Waals surface area (Å²) in [6, 6.07) is 5.84. The van der Waals surface area contributed by atoms with Gasteiger partial charge in [-0.15, -0.1) is 0 Å². The average Bonchev–Trinajstić information content (AvgIpc) is 2.22. The summed E-state index contributed by atoms with van der Waals surface area (Å²) in [7, 11) is 0. The summed E-state index contributed by atoms with van der Waals surface area (Å²) in [6.45, 7) is 10.4. The number of hydrogen-bond acceptors (Lipinski definition) is 2. The molecule has 1 aromatic rings. The third-order valence-electron chi connectivity index (χ3n) is 3.06. The maximum Gasteiger partial charge on any atom is 0.251 e. The van der Waals surface area contributed by atoms with Crippen molar-refractivity contribution in [2.75, 3.05) is 6.54 Å². The van der Waals surface area contributed by atoms with Gasteiger partial charge in [-0.3, -0.25) is 4.79 Å².